The lowest BCUT2D eigenvalue weighted by Crippen LogP contribution is -2.39. The van der Waals surface area contributed by atoms with E-state index >= 15 is 0 Å². The van der Waals surface area contributed by atoms with Crippen molar-refractivity contribution >= 4 is 27.3 Å². The molecule has 2 aromatic rings. The van der Waals surface area contributed by atoms with Crippen molar-refractivity contribution in [2.24, 2.45) is 0 Å². The Kier molecular flexibility index (Phi) is 3.86. The molecule has 0 spiro atoms. The first-order valence-electron chi connectivity index (χ1n) is 6.26. The van der Waals surface area contributed by atoms with Crippen LogP contribution in [0.2, 0.25) is 0 Å². The molecular formula is C12H17N5O3S. The van der Waals surface area contributed by atoms with Crippen LogP contribution in [0.25, 0.3) is 5.65 Å². The maximum atomic E-state index is 12.2. The fraction of sp³-hybridized carbons (Fsp3) is 0.417. The molecule has 2 rings (SSSR count). The molecule has 0 aliphatic carbocycles. The average molecular weight is 311 g/mol. The summed E-state index contributed by atoms with van der Waals surface area (Å²) in [5, 5.41) is 2.93. The van der Waals surface area contributed by atoms with Crippen LogP contribution < -0.4 is 4.72 Å². The van der Waals surface area contributed by atoms with Gasteiger partial charge in [-0.3, -0.25) is 9.52 Å². The molecule has 0 saturated carbocycles. The van der Waals surface area contributed by atoms with Crippen LogP contribution in [-0.2, 0) is 14.8 Å². The van der Waals surface area contributed by atoms with E-state index in [1.807, 2.05) is 0 Å². The molecule has 9 heteroatoms. The Bertz CT molecular complexity index is 781. The Morgan fingerprint density at radius 2 is 2.05 bits per heavy atom. The summed E-state index contributed by atoms with van der Waals surface area (Å²) in [7, 11) is -0.797. The zero-order valence-corrected chi connectivity index (χ0v) is 13.0. The van der Waals surface area contributed by atoms with Crippen LogP contribution in [0.3, 0.4) is 0 Å². The topological polar surface area (TPSA) is 96.7 Å². The molecule has 0 saturated heterocycles. The van der Waals surface area contributed by atoms with Crippen molar-refractivity contribution in [3.63, 3.8) is 0 Å². The standard InChI is InChI=1S/C12H17N5O3S/c1-8(12(18)16(3)4)21(19,20)15-10-5-6-11-13-9(2)14-17(11)7-10/h5-8,15H,1-4H3/t8-/m1/s1. The van der Waals surface area contributed by atoms with Crippen molar-refractivity contribution < 1.29 is 13.2 Å². The van der Waals surface area contributed by atoms with Crippen molar-refractivity contribution in [3.05, 3.63) is 24.2 Å². The Hall–Kier alpha value is -2.16. The number of rotatable bonds is 4. The number of sulfonamides is 1. The first kappa shape index (κ1) is 15.2. The highest BCUT2D eigenvalue weighted by atomic mass is 32.2. The fourth-order valence-electron chi connectivity index (χ4n) is 1.80. The van der Waals surface area contributed by atoms with E-state index in [1.54, 1.807) is 19.1 Å². The van der Waals surface area contributed by atoms with Crippen LogP contribution in [0.4, 0.5) is 5.69 Å². The van der Waals surface area contributed by atoms with Crippen LogP contribution >= 0.6 is 0 Å². The minimum absolute atomic E-state index is 0.325. The van der Waals surface area contributed by atoms with Gasteiger partial charge in [-0.2, -0.15) is 5.10 Å². The maximum absolute atomic E-state index is 12.2. The monoisotopic (exact) mass is 311 g/mol. The third-order valence-corrected chi connectivity index (χ3v) is 4.60. The summed E-state index contributed by atoms with van der Waals surface area (Å²) in [5.41, 5.74) is 0.943. The van der Waals surface area contributed by atoms with Crippen LogP contribution in [0.1, 0.15) is 12.7 Å². The van der Waals surface area contributed by atoms with E-state index in [4.69, 9.17) is 0 Å². The minimum atomic E-state index is -3.82. The normalized spacial score (nSPS) is 13.1. The number of nitrogens with one attached hydrogen (secondary N) is 1. The molecule has 0 aromatic carbocycles. The summed E-state index contributed by atoms with van der Waals surface area (Å²) >= 11 is 0. The number of hydrogen-bond acceptors (Lipinski definition) is 5. The third-order valence-electron chi connectivity index (χ3n) is 2.95. The summed E-state index contributed by atoms with van der Waals surface area (Å²) in [4.78, 5) is 17.2. The molecule has 8 nitrogen and oxygen atoms in total. The first-order valence-corrected chi connectivity index (χ1v) is 7.81. The number of carbonyl (C=O) groups is 1. The summed E-state index contributed by atoms with van der Waals surface area (Å²) in [6, 6.07) is 3.23. The number of pyridine rings is 1. The molecule has 114 valence electrons. The number of aryl methyl sites for hydroxylation is 1. The van der Waals surface area contributed by atoms with Gasteiger partial charge in [0.15, 0.2) is 10.9 Å². The molecule has 2 heterocycles. The Morgan fingerprint density at radius 1 is 1.38 bits per heavy atom. The molecule has 0 aliphatic heterocycles. The minimum Gasteiger partial charge on any atom is -0.348 e. The second-order valence-corrected chi connectivity index (χ2v) is 6.90. The van der Waals surface area contributed by atoms with Crippen LogP contribution in [0, 0.1) is 6.92 Å². The zero-order valence-electron chi connectivity index (χ0n) is 12.2. The first-order chi connectivity index (χ1) is 9.70. The fourth-order valence-corrected chi connectivity index (χ4v) is 2.91. The summed E-state index contributed by atoms with van der Waals surface area (Å²) in [5.74, 6) is 0.103. The molecule has 0 radical (unpaired) electrons. The number of nitrogens with zero attached hydrogens (tertiary/aromatic N) is 4. The predicted octanol–water partition coefficient (Wildman–Crippen LogP) is 0.256. The molecule has 0 fully saturated rings. The smallest absolute Gasteiger partial charge is 0.244 e. The van der Waals surface area contributed by atoms with Gasteiger partial charge < -0.3 is 4.90 Å². The van der Waals surface area contributed by atoms with Gasteiger partial charge in [0.25, 0.3) is 0 Å². The second-order valence-electron chi connectivity index (χ2n) is 4.90. The molecule has 2 aromatic heterocycles. The SMILES string of the molecule is Cc1nc2ccc(NS(=O)(=O)[C@H](C)C(=O)N(C)C)cn2n1. The van der Waals surface area contributed by atoms with Gasteiger partial charge in [0.1, 0.15) is 5.82 Å². The Balaban J connectivity index is 2.27. The van der Waals surface area contributed by atoms with E-state index in [-0.39, 0.29) is 0 Å². The highest BCUT2D eigenvalue weighted by molar-refractivity contribution is 7.94. The average Bonchev–Trinajstić information content (AvgIpc) is 2.75. The van der Waals surface area contributed by atoms with Gasteiger partial charge >= 0.3 is 0 Å². The van der Waals surface area contributed by atoms with E-state index in [1.165, 1.54) is 36.6 Å². The van der Waals surface area contributed by atoms with Crippen LogP contribution in [-0.4, -0.2) is 53.2 Å². The van der Waals surface area contributed by atoms with E-state index in [0.717, 1.165) is 0 Å². The summed E-state index contributed by atoms with van der Waals surface area (Å²) < 4.78 is 28.2. The molecule has 1 atom stereocenters. The lowest BCUT2D eigenvalue weighted by atomic mass is 10.4. The molecular weight excluding hydrogens is 294 g/mol. The quantitative estimate of drug-likeness (QED) is 0.873. The van der Waals surface area contributed by atoms with Crippen molar-refractivity contribution in [2.45, 2.75) is 19.1 Å². The van der Waals surface area contributed by atoms with E-state index < -0.39 is 21.2 Å². The van der Waals surface area contributed by atoms with Gasteiger partial charge in [-0.1, -0.05) is 0 Å². The molecule has 21 heavy (non-hydrogen) atoms. The van der Waals surface area contributed by atoms with E-state index in [0.29, 0.717) is 17.2 Å². The summed E-state index contributed by atoms with van der Waals surface area (Å²) in [6.45, 7) is 3.09. The van der Waals surface area contributed by atoms with E-state index in [2.05, 4.69) is 14.8 Å². The van der Waals surface area contributed by atoms with Gasteiger partial charge in [-0.05, 0) is 26.0 Å². The number of aromatic nitrogens is 3. The second kappa shape index (κ2) is 5.32. The zero-order chi connectivity index (χ0) is 15.8. The molecule has 1 amide bonds. The van der Waals surface area contributed by atoms with Crippen LogP contribution in [0.15, 0.2) is 18.3 Å². The van der Waals surface area contributed by atoms with Crippen molar-refractivity contribution in [1.82, 2.24) is 19.5 Å². The predicted molar refractivity (Wildman–Crippen MR) is 78.4 cm³/mol. The molecule has 1 N–H and O–H groups in total. The highest BCUT2D eigenvalue weighted by Gasteiger charge is 2.29. The third kappa shape index (κ3) is 3.13. The summed E-state index contributed by atoms with van der Waals surface area (Å²) in [6.07, 6.45) is 1.51. The highest BCUT2D eigenvalue weighted by Crippen LogP contribution is 2.14. The van der Waals surface area contributed by atoms with Gasteiger partial charge in [0.2, 0.25) is 15.9 Å². The molecule has 0 unspecified atom stereocenters. The van der Waals surface area contributed by atoms with Crippen molar-refractivity contribution in [3.8, 4) is 0 Å². The van der Waals surface area contributed by atoms with Crippen molar-refractivity contribution in [1.29, 1.82) is 0 Å². The largest absolute Gasteiger partial charge is 0.348 e. The molecule has 0 bridgehead atoms. The Morgan fingerprint density at radius 3 is 2.67 bits per heavy atom. The van der Waals surface area contributed by atoms with Gasteiger partial charge in [-0.25, -0.2) is 17.9 Å². The number of hydrogen-bond donors (Lipinski definition) is 1. The number of fused-ring (bicyclic) bond motifs is 1. The number of carbonyl (C=O) groups excluding carboxylic acids is 1. The maximum Gasteiger partial charge on any atom is 0.244 e. The number of anilines is 1. The lowest BCUT2D eigenvalue weighted by Gasteiger charge is -2.18. The van der Waals surface area contributed by atoms with Gasteiger partial charge in [-0.15, -0.1) is 0 Å². The molecule has 0 aliphatic rings. The van der Waals surface area contributed by atoms with Gasteiger partial charge in [0, 0.05) is 14.1 Å². The van der Waals surface area contributed by atoms with Crippen LogP contribution in [0.5, 0.6) is 0 Å². The number of amides is 1. The van der Waals surface area contributed by atoms with Crippen molar-refractivity contribution in [2.75, 3.05) is 18.8 Å². The lowest BCUT2D eigenvalue weighted by molar-refractivity contribution is -0.127. The van der Waals surface area contributed by atoms with Gasteiger partial charge in [0.05, 0.1) is 11.9 Å². The van der Waals surface area contributed by atoms with E-state index in [9.17, 15) is 13.2 Å². The Labute approximate surface area is 122 Å².